The van der Waals surface area contributed by atoms with Gasteiger partial charge in [-0.25, -0.2) is 9.37 Å². The van der Waals surface area contributed by atoms with Crippen molar-refractivity contribution in [1.82, 2.24) is 4.98 Å². The molecule has 0 bridgehead atoms. The van der Waals surface area contributed by atoms with Gasteiger partial charge in [0.15, 0.2) is 0 Å². The Kier molecular flexibility index (Phi) is 3.26. The summed E-state index contributed by atoms with van der Waals surface area (Å²) in [6.07, 6.45) is -0.978. The summed E-state index contributed by atoms with van der Waals surface area (Å²) in [5.41, 5.74) is 2.77. The summed E-state index contributed by atoms with van der Waals surface area (Å²) >= 11 is 1.35. The largest absolute Gasteiger partial charge is 0.381 e. The summed E-state index contributed by atoms with van der Waals surface area (Å²) in [4.78, 5) is 4.19. The van der Waals surface area contributed by atoms with Gasteiger partial charge in [0.2, 0.25) is 0 Å². The molecule has 1 aromatic carbocycles. The first-order valence-electron chi connectivity index (χ1n) is 5.35. The Morgan fingerprint density at radius 2 is 2.00 bits per heavy atom. The average Bonchev–Trinajstić information content (AvgIpc) is 2.63. The summed E-state index contributed by atoms with van der Waals surface area (Å²) in [5.74, 6) is -0.372. The Morgan fingerprint density at radius 3 is 2.53 bits per heavy atom. The number of thiazole rings is 1. The third-order valence-corrected chi connectivity index (χ3v) is 3.64. The summed E-state index contributed by atoms with van der Waals surface area (Å²) < 4.78 is 13.9. The van der Waals surface area contributed by atoms with Crippen molar-refractivity contribution in [3.8, 4) is 0 Å². The first kappa shape index (κ1) is 12.2. The highest BCUT2D eigenvalue weighted by molar-refractivity contribution is 7.09. The van der Waals surface area contributed by atoms with Gasteiger partial charge in [0.05, 0.1) is 0 Å². The lowest BCUT2D eigenvalue weighted by Crippen LogP contribution is -2.05. The van der Waals surface area contributed by atoms with Crippen LogP contribution in [-0.4, -0.2) is 10.1 Å². The van der Waals surface area contributed by atoms with Crippen LogP contribution in [0.2, 0.25) is 0 Å². The Morgan fingerprint density at radius 1 is 1.29 bits per heavy atom. The van der Waals surface area contributed by atoms with Gasteiger partial charge in [-0.1, -0.05) is 6.07 Å². The molecule has 0 radical (unpaired) electrons. The number of benzene rings is 1. The number of aliphatic hydroxyl groups is 1. The molecule has 1 heterocycles. The molecule has 2 rings (SSSR count). The van der Waals surface area contributed by atoms with Gasteiger partial charge in [0, 0.05) is 16.6 Å². The predicted octanol–water partition coefficient (Wildman–Crippen LogP) is 3.29. The van der Waals surface area contributed by atoms with E-state index in [-0.39, 0.29) is 5.82 Å². The number of halogens is 1. The second kappa shape index (κ2) is 4.55. The molecule has 2 aromatic rings. The lowest BCUT2D eigenvalue weighted by molar-refractivity contribution is 0.213. The molecule has 1 aromatic heterocycles. The van der Waals surface area contributed by atoms with E-state index in [1.165, 1.54) is 17.4 Å². The quantitative estimate of drug-likeness (QED) is 0.888. The number of aromatic nitrogens is 1. The topological polar surface area (TPSA) is 33.1 Å². The maximum Gasteiger partial charge on any atom is 0.134 e. The molecule has 0 aliphatic heterocycles. The van der Waals surface area contributed by atoms with Crippen molar-refractivity contribution >= 4 is 11.3 Å². The van der Waals surface area contributed by atoms with E-state index in [4.69, 9.17) is 0 Å². The normalized spacial score (nSPS) is 12.8. The molecule has 1 N–H and O–H groups in total. The number of aryl methyl sites for hydroxylation is 3. The maximum absolute atomic E-state index is 13.9. The molecular formula is C13H14FNOS. The first-order chi connectivity index (χ1) is 7.99. The van der Waals surface area contributed by atoms with Crippen LogP contribution in [0.4, 0.5) is 4.39 Å². The maximum atomic E-state index is 13.9. The Labute approximate surface area is 104 Å². The predicted molar refractivity (Wildman–Crippen MR) is 66.8 cm³/mol. The standard InChI is InChI=1S/C13H14FNOS/c1-7-4-8(2)11(10(14)5-7)12(16)13-15-9(3)6-17-13/h4-6,12,16H,1-3H3. The molecule has 1 atom stereocenters. The molecule has 0 aliphatic rings. The van der Waals surface area contributed by atoms with Crippen LogP contribution in [0.25, 0.3) is 0 Å². The van der Waals surface area contributed by atoms with E-state index in [1.807, 2.05) is 25.3 Å². The van der Waals surface area contributed by atoms with Crippen molar-refractivity contribution in [3.05, 3.63) is 50.7 Å². The molecule has 17 heavy (non-hydrogen) atoms. The molecule has 1 unspecified atom stereocenters. The molecule has 0 spiro atoms. The Hall–Kier alpha value is -1.26. The fraction of sp³-hybridized carbons (Fsp3) is 0.308. The molecule has 90 valence electrons. The van der Waals surface area contributed by atoms with Gasteiger partial charge in [-0.3, -0.25) is 0 Å². The van der Waals surface area contributed by atoms with Crippen molar-refractivity contribution in [3.63, 3.8) is 0 Å². The molecular weight excluding hydrogens is 237 g/mol. The SMILES string of the molecule is Cc1cc(C)c(C(O)c2nc(C)cs2)c(F)c1. The van der Waals surface area contributed by atoms with Crippen molar-refractivity contribution in [2.45, 2.75) is 26.9 Å². The third kappa shape index (κ3) is 2.37. The number of hydrogen-bond donors (Lipinski definition) is 1. The number of nitrogens with zero attached hydrogens (tertiary/aromatic N) is 1. The van der Waals surface area contributed by atoms with Gasteiger partial charge in [-0.2, -0.15) is 0 Å². The summed E-state index contributed by atoms with van der Waals surface area (Å²) in [5, 5.41) is 12.5. The second-order valence-electron chi connectivity index (χ2n) is 4.21. The van der Waals surface area contributed by atoms with Crippen LogP contribution >= 0.6 is 11.3 Å². The van der Waals surface area contributed by atoms with Crippen LogP contribution < -0.4 is 0 Å². The summed E-state index contributed by atoms with van der Waals surface area (Å²) in [7, 11) is 0. The summed E-state index contributed by atoms with van der Waals surface area (Å²) in [6, 6.07) is 3.30. The van der Waals surface area contributed by atoms with E-state index in [0.717, 1.165) is 16.8 Å². The van der Waals surface area contributed by atoms with Gasteiger partial charge in [-0.05, 0) is 38.0 Å². The van der Waals surface area contributed by atoms with Gasteiger partial charge in [0.25, 0.3) is 0 Å². The Bertz CT molecular complexity index is 527. The van der Waals surface area contributed by atoms with E-state index in [0.29, 0.717) is 10.6 Å². The smallest absolute Gasteiger partial charge is 0.134 e. The zero-order chi connectivity index (χ0) is 12.6. The average molecular weight is 251 g/mol. The highest BCUT2D eigenvalue weighted by atomic mass is 32.1. The number of aliphatic hydroxyl groups excluding tert-OH is 1. The minimum Gasteiger partial charge on any atom is -0.381 e. The lowest BCUT2D eigenvalue weighted by Gasteiger charge is -2.13. The van der Waals surface area contributed by atoms with Crippen LogP contribution in [-0.2, 0) is 0 Å². The van der Waals surface area contributed by atoms with Crippen LogP contribution in [0, 0.1) is 26.6 Å². The molecule has 0 aliphatic carbocycles. The fourth-order valence-electron chi connectivity index (χ4n) is 1.89. The summed E-state index contributed by atoms with van der Waals surface area (Å²) in [6.45, 7) is 5.49. The fourth-order valence-corrected chi connectivity index (χ4v) is 2.68. The van der Waals surface area contributed by atoms with Crippen LogP contribution in [0.1, 0.15) is 33.5 Å². The van der Waals surface area contributed by atoms with Gasteiger partial charge in [0.1, 0.15) is 16.9 Å². The van der Waals surface area contributed by atoms with Gasteiger partial charge < -0.3 is 5.11 Å². The molecule has 0 fully saturated rings. The lowest BCUT2D eigenvalue weighted by atomic mass is 10.0. The second-order valence-corrected chi connectivity index (χ2v) is 5.10. The molecule has 0 saturated carbocycles. The van der Waals surface area contributed by atoms with Crippen molar-refractivity contribution < 1.29 is 9.50 Å². The zero-order valence-electron chi connectivity index (χ0n) is 9.99. The van der Waals surface area contributed by atoms with Crippen molar-refractivity contribution in [2.75, 3.05) is 0 Å². The van der Waals surface area contributed by atoms with Crippen LogP contribution in [0.5, 0.6) is 0 Å². The number of hydrogen-bond acceptors (Lipinski definition) is 3. The van der Waals surface area contributed by atoms with Gasteiger partial charge in [-0.15, -0.1) is 11.3 Å². The monoisotopic (exact) mass is 251 g/mol. The van der Waals surface area contributed by atoms with Crippen LogP contribution in [0.3, 0.4) is 0 Å². The first-order valence-corrected chi connectivity index (χ1v) is 6.23. The minimum atomic E-state index is -0.978. The Balaban J connectivity index is 2.47. The number of rotatable bonds is 2. The third-order valence-electron chi connectivity index (χ3n) is 2.62. The highest BCUT2D eigenvalue weighted by Crippen LogP contribution is 2.29. The molecule has 4 heteroatoms. The molecule has 2 nitrogen and oxygen atoms in total. The molecule has 0 amide bonds. The minimum absolute atomic E-state index is 0.324. The van der Waals surface area contributed by atoms with E-state index < -0.39 is 6.10 Å². The van der Waals surface area contributed by atoms with E-state index >= 15 is 0 Å². The van der Waals surface area contributed by atoms with E-state index in [1.54, 1.807) is 6.92 Å². The van der Waals surface area contributed by atoms with Crippen molar-refractivity contribution in [2.24, 2.45) is 0 Å². The van der Waals surface area contributed by atoms with Crippen molar-refractivity contribution in [1.29, 1.82) is 0 Å². The molecule has 0 saturated heterocycles. The van der Waals surface area contributed by atoms with Crippen LogP contribution in [0.15, 0.2) is 17.5 Å². The van der Waals surface area contributed by atoms with E-state index in [9.17, 15) is 9.50 Å². The highest BCUT2D eigenvalue weighted by Gasteiger charge is 2.20. The van der Waals surface area contributed by atoms with Gasteiger partial charge >= 0.3 is 0 Å². The van der Waals surface area contributed by atoms with E-state index in [2.05, 4.69) is 4.98 Å². The zero-order valence-corrected chi connectivity index (χ0v) is 10.8.